The quantitative estimate of drug-likeness (QED) is 0.874. The van der Waals surface area contributed by atoms with Crippen molar-refractivity contribution in [1.82, 2.24) is 4.72 Å². The zero-order chi connectivity index (χ0) is 16.4. The van der Waals surface area contributed by atoms with Crippen LogP contribution in [0.1, 0.15) is 37.7 Å². The molecule has 0 saturated heterocycles. The van der Waals surface area contributed by atoms with Gasteiger partial charge in [-0.15, -0.1) is 0 Å². The van der Waals surface area contributed by atoms with E-state index in [-0.39, 0.29) is 10.9 Å². The maximum Gasteiger partial charge on any atom is 0.306 e. The van der Waals surface area contributed by atoms with E-state index in [1.807, 2.05) is 0 Å². The zero-order valence-corrected chi connectivity index (χ0v) is 13.6. The first kappa shape index (κ1) is 16.3. The number of hydrogen-bond donors (Lipinski definition) is 2. The molecular formula is C16H21NO5S. The largest absolute Gasteiger partial charge is 0.493 e. The number of nitrogens with one attached hydrogen (secondary N) is 1. The molecule has 0 bridgehead atoms. The Morgan fingerprint density at radius 2 is 2.09 bits per heavy atom. The van der Waals surface area contributed by atoms with Gasteiger partial charge in [-0.3, -0.25) is 4.79 Å². The maximum absolute atomic E-state index is 12.6. The van der Waals surface area contributed by atoms with E-state index in [4.69, 9.17) is 9.84 Å². The van der Waals surface area contributed by atoms with Crippen molar-refractivity contribution in [3.05, 3.63) is 23.8 Å². The topological polar surface area (TPSA) is 92.7 Å². The van der Waals surface area contributed by atoms with E-state index in [0.717, 1.165) is 30.6 Å². The summed E-state index contributed by atoms with van der Waals surface area (Å²) >= 11 is 0. The van der Waals surface area contributed by atoms with Gasteiger partial charge in [-0.2, -0.15) is 0 Å². The minimum absolute atomic E-state index is 0.221. The molecule has 0 spiro atoms. The standard InChI is InChI=1S/C16H21NO5S/c18-16(19)12-3-1-5-13(9-12)17-23(20,21)14-6-7-15-11(10-14)4-2-8-22-15/h6-7,10,12-13,17H,1-5,8-9H2,(H,18,19)/t12-,13+/m1/s1. The smallest absolute Gasteiger partial charge is 0.306 e. The van der Waals surface area contributed by atoms with E-state index < -0.39 is 21.9 Å². The Labute approximate surface area is 135 Å². The SMILES string of the molecule is O=C(O)[C@@H]1CCC[C@H](NS(=O)(=O)c2ccc3c(c2)CCCO3)C1. The average Bonchev–Trinajstić information content (AvgIpc) is 2.54. The van der Waals surface area contributed by atoms with Crippen LogP contribution in [0.3, 0.4) is 0 Å². The molecule has 2 atom stereocenters. The normalized spacial score (nSPS) is 24.5. The summed E-state index contributed by atoms with van der Waals surface area (Å²) in [5, 5.41) is 9.11. The molecule has 1 aromatic carbocycles. The number of aryl methyl sites for hydroxylation is 1. The van der Waals surface area contributed by atoms with Crippen LogP contribution in [-0.2, 0) is 21.2 Å². The van der Waals surface area contributed by atoms with Gasteiger partial charge in [-0.1, -0.05) is 6.42 Å². The van der Waals surface area contributed by atoms with Crippen LogP contribution in [0.4, 0.5) is 0 Å². The Morgan fingerprint density at radius 3 is 2.87 bits per heavy atom. The summed E-state index contributed by atoms with van der Waals surface area (Å²) in [6, 6.07) is 4.59. The Hall–Kier alpha value is -1.60. The summed E-state index contributed by atoms with van der Waals surface area (Å²) in [7, 11) is -3.64. The second kappa shape index (κ2) is 6.49. The first-order chi connectivity index (χ1) is 11.0. The van der Waals surface area contributed by atoms with Crippen LogP contribution in [0.2, 0.25) is 0 Å². The molecule has 1 aliphatic carbocycles. The third-order valence-electron chi connectivity index (χ3n) is 4.54. The van der Waals surface area contributed by atoms with Gasteiger partial charge in [-0.05, 0) is 55.9 Å². The molecule has 126 valence electrons. The van der Waals surface area contributed by atoms with Gasteiger partial charge in [0.1, 0.15) is 5.75 Å². The highest BCUT2D eigenvalue weighted by Gasteiger charge is 2.30. The average molecular weight is 339 g/mol. The van der Waals surface area contributed by atoms with Gasteiger partial charge in [0.15, 0.2) is 0 Å². The molecule has 0 amide bonds. The van der Waals surface area contributed by atoms with E-state index in [1.54, 1.807) is 18.2 Å². The minimum Gasteiger partial charge on any atom is -0.493 e. The summed E-state index contributed by atoms with van der Waals surface area (Å²) < 4.78 is 33.3. The lowest BCUT2D eigenvalue weighted by Gasteiger charge is -2.27. The van der Waals surface area contributed by atoms with Crippen molar-refractivity contribution in [2.75, 3.05) is 6.61 Å². The molecule has 1 aromatic rings. The molecule has 1 heterocycles. The number of ether oxygens (including phenoxy) is 1. The number of rotatable bonds is 4. The monoisotopic (exact) mass is 339 g/mol. The van der Waals surface area contributed by atoms with Gasteiger partial charge >= 0.3 is 5.97 Å². The third kappa shape index (κ3) is 3.67. The lowest BCUT2D eigenvalue weighted by molar-refractivity contribution is -0.143. The molecule has 2 aliphatic rings. The molecule has 0 radical (unpaired) electrons. The third-order valence-corrected chi connectivity index (χ3v) is 6.05. The number of aliphatic carboxylic acids is 1. The number of carboxylic acids is 1. The Bertz CT molecular complexity index is 700. The van der Waals surface area contributed by atoms with E-state index in [2.05, 4.69) is 4.72 Å². The van der Waals surface area contributed by atoms with Crippen LogP contribution in [0.25, 0.3) is 0 Å². The van der Waals surface area contributed by atoms with Gasteiger partial charge in [0, 0.05) is 6.04 Å². The van der Waals surface area contributed by atoms with E-state index in [1.165, 1.54) is 0 Å². The lowest BCUT2D eigenvalue weighted by atomic mass is 9.86. The van der Waals surface area contributed by atoms with Gasteiger partial charge in [0.2, 0.25) is 10.0 Å². The number of fused-ring (bicyclic) bond motifs is 1. The van der Waals surface area contributed by atoms with Crippen molar-refractivity contribution >= 4 is 16.0 Å². The van der Waals surface area contributed by atoms with E-state index in [9.17, 15) is 13.2 Å². The summed E-state index contributed by atoms with van der Waals surface area (Å²) in [5.74, 6) is -0.563. The molecule has 0 unspecified atom stereocenters. The fraction of sp³-hybridized carbons (Fsp3) is 0.562. The molecule has 2 N–H and O–H groups in total. The van der Waals surface area contributed by atoms with Crippen molar-refractivity contribution in [3.8, 4) is 5.75 Å². The Morgan fingerprint density at radius 1 is 1.26 bits per heavy atom. The first-order valence-electron chi connectivity index (χ1n) is 7.96. The van der Waals surface area contributed by atoms with Crippen molar-refractivity contribution in [3.63, 3.8) is 0 Å². The highest BCUT2D eigenvalue weighted by atomic mass is 32.2. The molecule has 6 nitrogen and oxygen atoms in total. The number of benzene rings is 1. The van der Waals surface area contributed by atoms with E-state index >= 15 is 0 Å². The molecule has 23 heavy (non-hydrogen) atoms. The predicted octanol–water partition coefficient (Wildman–Crippen LogP) is 1.93. The molecule has 1 aliphatic heterocycles. The fourth-order valence-corrected chi connectivity index (χ4v) is 4.65. The summed E-state index contributed by atoms with van der Waals surface area (Å²) in [5.41, 5.74) is 0.909. The fourth-order valence-electron chi connectivity index (χ4n) is 3.31. The maximum atomic E-state index is 12.6. The van der Waals surface area contributed by atoms with Crippen LogP contribution in [0.5, 0.6) is 5.75 Å². The molecule has 1 fully saturated rings. The Balaban J connectivity index is 1.75. The number of hydrogen-bond acceptors (Lipinski definition) is 4. The second-order valence-electron chi connectivity index (χ2n) is 6.24. The van der Waals surface area contributed by atoms with Gasteiger partial charge in [0.25, 0.3) is 0 Å². The van der Waals surface area contributed by atoms with Crippen LogP contribution in [-0.4, -0.2) is 32.1 Å². The number of sulfonamides is 1. The van der Waals surface area contributed by atoms with Crippen molar-refractivity contribution in [2.24, 2.45) is 5.92 Å². The molecular weight excluding hydrogens is 318 g/mol. The minimum atomic E-state index is -3.64. The lowest BCUT2D eigenvalue weighted by Crippen LogP contribution is -2.39. The van der Waals surface area contributed by atoms with Crippen molar-refractivity contribution < 1.29 is 23.1 Å². The number of carbonyl (C=O) groups is 1. The van der Waals surface area contributed by atoms with Crippen LogP contribution >= 0.6 is 0 Å². The molecule has 7 heteroatoms. The van der Waals surface area contributed by atoms with Gasteiger partial charge < -0.3 is 9.84 Å². The van der Waals surface area contributed by atoms with E-state index in [0.29, 0.717) is 25.9 Å². The van der Waals surface area contributed by atoms with Gasteiger partial charge in [0.05, 0.1) is 17.4 Å². The van der Waals surface area contributed by atoms with Crippen molar-refractivity contribution in [2.45, 2.75) is 49.5 Å². The van der Waals surface area contributed by atoms with Crippen LogP contribution < -0.4 is 9.46 Å². The summed E-state index contributed by atoms with van der Waals surface area (Å²) in [4.78, 5) is 11.3. The van der Waals surface area contributed by atoms with Crippen LogP contribution in [0, 0.1) is 5.92 Å². The molecule has 1 saturated carbocycles. The molecule has 0 aromatic heterocycles. The summed E-state index contributed by atoms with van der Waals surface area (Å²) in [6.45, 7) is 0.663. The second-order valence-corrected chi connectivity index (χ2v) is 7.96. The van der Waals surface area contributed by atoms with Gasteiger partial charge in [-0.25, -0.2) is 13.1 Å². The first-order valence-corrected chi connectivity index (χ1v) is 9.45. The van der Waals surface area contributed by atoms with Crippen LogP contribution in [0.15, 0.2) is 23.1 Å². The Kier molecular flexibility index (Phi) is 4.59. The summed E-state index contributed by atoms with van der Waals surface area (Å²) in [6.07, 6.45) is 4.06. The predicted molar refractivity (Wildman–Crippen MR) is 84.0 cm³/mol. The zero-order valence-electron chi connectivity index (χ0n) is 12.8. The highest BCUT2D eigenvalue weighted by molar-refractivity contribution is 7.89. The molecule has 3 rings (SSSR count). The highest BCUT2D eigenvalue weighted by Crippen LogP contribution is 2.29. The van der Waals surface area contributed by atoms with Crippen molar-refractivity contribution in [1.29, 1.82) is 0 Å². The number of carboxylic acid groups (broad SMARTS) is 1.